The molecule has 1 aromatic carbocycles. The summed E-state index contributed by atoms with van der Waals surface area (Å²) >= 11 is 3.80. The van der Waals surface area contributed by atoms with Crippen LogP contribution in [-0.4, -0.2) is 11.5 Å². The van der Waals surface area contributed by atoms with Crippen LogP contribution in [0.25, 0.3) is 0 Å². The Morgan fingerprint density at radius 2 is 1.80 bits per heavy atom. The molecule has 1 aliphatic rings. The summed E-state index contributed by atoms with van der Waals surface area (Å²) in [5, 5.41) is 29.5. The van der Waals surface area contributed by atoms with Gasteiger partial charge in [0.15, 0.2) is 5.57 Å². The number of nitrogens with zero attached hydrogens (tertiary/aromatic N) is 3. The van der Waals surface area contributed by atoms with Crippen molar-refractivity contribution in [1.29, 1.82) is 15.8 Å². The lowest BCUT2D eigenvalue weighted by atomic mass is 10.2. The van der Waals surface area contributed by atoms with E-state index in [0.29, 0.717) is 4.58 Å². The summed E-state index contributed by atoms with van der Waals surface area (Å²) in [6, 6.07) is 13.0. The standard InChI is InChI=1S/C14H10N4S2/c15-7-11(8-16)13(9-17)18-12-3-1-2-10(6-12)14-19-4-5-20-14/h1-3,6,14,18H,4-5H2. The van der Waals surface area contributed by atoms with Gasteiger partial charge in [-0.25, -0.2) is 0 Å². The average Bonchev–Trinajstić information content (AvgIpc) is 3.02. The van der Waals surface area contributed by atoms with E-state index in [4.69, 9.17) is 15.8 Å². The molecule has 1 heterocycles. The Balaban J connectivity index is 2.24. The molecule has 0 aromatic heterocycles. The molecule has 1 aliphatic heterocycles. The van der Waals surface area contributed by atoms with Gasteiger partial charge in [-0.3, -0.25) is 0 Å². The molecule has 0 aliphatic carbocycles. The number of thioether (sulfide) groups is 2. The lowest BCUT2D eigenvalue weighted by molar-refractivity contribution is 1.34. The molecule has 1 saturated heterocycles. The number of nitriles is 3. The Morgan fingerprint density at radius 3 is 2.40 bits per heavy atom. The molecule has 4 nitrogen and oxygen atoms in total. The van der Waals surface area contributed by atoms with E-state index in [2.05, 4.69) is 5.32 Å². The molecule has 0 saturated carbocycles. The normalized spacial score (nSPS) is 13.8. The number of hydrogen-bond donors (Lipinski definition) is 1. The molecule has 0 bridgehead atoms. The molecule has 2 rings (SSSR count). The summed E-state index contributed by atoms with van der Waals surface area (Å²) in [6.07, 6.45) is 0. The predicted octanol–water partition coefficient (Wildman–Crippen LogP) is 3.40. The third-order valence-corrected chi connectivity index (χ3v) is 5.74. The van der Waals surface area contributed by atoms with Gasteiger partial charge < -0.3 is 5.32 Å². The Bertz CT molecular complexity index is 639. The molecular weight excluding hydrogens is 288 g/mol. The highest BCUT2D eigenvalue weighted by Gasteiger charge is 2.18. The molecule has 1 N–H and O–H groups in total. The van der Waals surface area contributed by atoms with Gasteiger partial charge in [0.25, 0.3) is 0 Å². The second-order valence-corrected chi connectivity index (χ2v) is 6.63. The zero-order chi connectivity index (χ0) is 14.4. The topological polar surface area (TPSA) is 83.4 Å². The lowest BCUT2D eigenvalue weighted by Gasteiger charge is -2.11. The van der Waals surface area contributed by atoms with Crippen LogP contribution >= 0.6 is 23.5 Å². The van der Waals surface area contributed by atoms with Crippen LogP contribution in [0.2, 0.25) is 0 Å². The fourth-order valence-electron chi connectivity index (χ4n) is 1.74. The van der Waals surface area contributed by atoms with E-state index in [9.17, 15) is 0 Å². The summed E-state index contributed by atoms with van der Waals surface area (Å²) in [4.78, 5) is 0. The van der Waals surface area contributed by atoms with E-state index in [1.54, 1.807) is 12.1 Å². The maximum atomic E-state index is 9.02. The van der Waals surface area contributed by atoms with Gasteiger partial charge in [-0.2, -0.15) is 15.8 Å². The average molecular weight is 298 g/mol. The first kappa shape index (κ1) is 14.3. The van der Waals surface area contributed by atoms with Gasteiger partial charge in [-0.1, -0.05) is 12.1 Å². The van der Waals surface area contributed by atoms with Crippen molar-refractivity contribution in [1.82, 2.24) is 0 Å². The SMILES string of the molecule is N#CC(C#N)=C(C#N)Nc1cccc(C2SCCS2)c1. The third-order valence-electron chi connectivity index (χ3n) is 2.64. The zero-order valence-corrected chi connectivity index (χ0v) is 12.1. The van der Waals surface area contributed by atoms with Crippen LogP contribution in [0.1, 0.15) is 10.1 Å². The largest absolute Gasteiger partial charge is 0.345 e. The minimum absolute atomic E-state index is 0.0149. The number of benzene rings is 1. The van der Waals surface area contributed by atoms with E-state index in [-0.39, 0.29) is 11.3 Å². The number of rotatable bonds is 3. The lowest BCUT2D eigenvalue weighted by Crippen LogP contribution is -2.01. The molecular formula is C14H10N4S2. The van der Waals surface area contributed by atoms with Crippen LogP contribution < -0.4 is 5.32 Å². The van der Waals surface area contributed by atoms with E-state index >= 15 is 0 Å². The number of hydrogen-bond acceptors (Lipinski definition) is 6. The van der Waals surface area contributed by atoms with Gasteiger partial charge in [0.1, 0.15) is 23.9 Å². The van der Waals surface area contributed by atoms with Crippen molar-refractivity contribution >= 4 is 29.2 Å². The van der Waals surface area contributed by atoms with Gasteiger partial charge in [0.2, 0.25) is 0 Å². The van der Waals surface area contributed by atoms with Crippen LogP contribution in [-0.2, 0) is 0 Å². The monoisotopic (exact) mass is 298 g/mol. The van der Waals surface area contributed by atoms with E-state index < -0.39 is 0 Å². The zero-order valence-electron chi connectivity index (χ0n) is 10.5. The second kappa shape index (κ2) is 6.91. The molecule has 20 heavy (non-hydrogen) atoms. The Labute approximate surface area is 126 Å². The molecule has 0 atom stereocenters. The minimum atomic E-state index is -0.206. The highest BCUT2D eigenvalue weighted by atomic mass is 32.2. The Hall–Kier alpha value is -2.07. The fraction of sp³-hybridized carbons (Fsp3) is 0.214. The van der Waals surface area contributed by atoms with Crippen molar-refractivity contribution in [2.24, 2.45) is 0 Å². The van der Waals surface area contributed by atoms with Crippen LogP contribution in [0.4, 0.5) is 5.69 Å². The van der Waals surface area contributed by atoms with Crippen LogP contribution in [0.3, 0.4) is 0 Å². The van der Waals surface area contributed by atoms with Crippen molar-refractivity contribution in [2.45, 2.75) is 4.58 Å². The van der Waals surface area contributed by atoms with E-state index in [1.807, 2.05) is 53.9 Å². The number of anilines is 1. The first-order chi connectivity index (χ1) is 9.78. The van der Waals surface area contributed by atoms with Crippen molar-refractivity contribution in [3.8, 4) is 18.2 Å². The van der Waals surface area contributed by atoms with Crippen LogP contribution in [0.15, 0.2) is 35.5 Å². The molecule has 0 radical (unpaired) electrons. The Kier molecular flexibility index (Phi) is 4.96. The Morgan fingerprint density at radius 1 is 1.10 bits per heavy atom. The quantitative estimate of drug-likeness (QED) is 0.861. The summed E-state index contributed by atoms with van der Waals surface area (Å²) in [6.45, 7) is 0. The van der Waals surface area contributed by atoms with Crippen molar-refractivity contribution in [3.05, 3.63) is 41.1 Å². The molecule has 0 amide bonds. The highest BCUT2D eigenvalue weighted by molar-refractivity contribution is 8.19. The fourth-order valence-corrected chi connectivity index (χ4v) is 4.58. The van der Waals surface area contributed by atoms with Gasteiger partial charge >= 0.3 is 0 Å². The first-order valence-electron chi connectivity index (χ1n) is 5.83. The molecule has 6 heteroatoms. The van der Waals surface area contributed by atoms with Gasteiger partial charge in [0.05, 0.1) is 4.58 Å². The van der Waals surface area contributed by atoms with Gasteiger partial charge in [0, 0.05) is 17.2 Å². The molecule has 0 unspecified atom stereocenters. The number of nitrogens with one attached hydrogen (secondary N) is 1. The van der Waals surface area contributed by atoms with Gasteiger partial charge in [-0.05, 0) is 17.7 Å². The first-order valence-corrected chi connectivity index (χ1v) is 7.93. The maximum absolute atomic E-state index is 9.02. The smallest absolute Gasteiger partial charge is 0.163 e. The minimum Gasteiger partial charge on any atom is -0.345 e. The summed E-state index contributed by atoms with van der Waals surface area (Å²) in [7, 11) is 0. The predicted molar refractivity (Wildman–Crippen MR) is 81.6 cm³/mol. The van der Waals surface area contributed by atoms with E-state index in [1.165, 1.54) is 5.56 Å². The van der Waals surface area contributed by atoms with Gasteiger partial charge in [-0.15, -0.1) is 23.5 Å². The summed E-state index contributed by atoms with van der Waals surface area (Å²) < 4.78 is 0.415. The molecule has 1 fully saturated rings. The number of allylic oxidation sites excluding steroid dienone is 2. The summed E-state index contributed by atoms with van der Waals surface area (Å²) in [5.41, 5.74) is 1.67. The molecule has 0 spiro atoms. The van der Waals surface area contributed by atoms with Crippen molar-refractivity contribution in [3.63, 3.8) is 0 Å². The second-order valence-electron chi connectivity index (χ2n) is 3.91. The van der Waals surface area contributed by atoms with Crippen molar-refractivity contribution in [2.75, 3.05) is 16.8 Å². The van der Waals surface area contributed by atoms with E-state index in [0.717, 1.165) is 17.2 Å². The summed E-state index contributed by atoms with van der Waals surface area (Å²) in [5.74, 6) is 2.28. The highest BCUT2D eigenvalue weighted by Crippen LogP contribution is 2.45. The molecule has 98 valence electrons. The van der Waals surface area contributed by atoms with Crippen molar-refractivity contribution < 1.29 is 0 Å². The van der Waals surface area contributed by atoms with Crippen LogP contribution in [0, 0.1) is 34.0 Å². The maximum Gasteiger partial charge on any atom is 0.163 e. The third kappa shape index (κ3) is 3.27. The molecule has 1 aromatic rings. The van der Waals surface area contributed by atoms with Crippen LogP contribution in [0.5, 0.6) is 0 Å².